The van der Waals surface area contributed by atoms with E-state index in [1.54, 1.807) is 0 Å². The molecule has 0 aromatic carbocycles. The molecule has 0 fully saturated rings. The van der Waals surface area contributed by atoms with Gasteiger partial charge >= 0.3 is 5.97 Å². The normalized spacial score (nSPS) is 25.0. The molecule has 17 heavy (non-hydrogen) atoms. The number of esters is 1. The van der Waals surface area contributed by atoms with E-state index >= 15 is 0 Å². The smallest absolute Gasteiger partial charge is 0.305 e. The fourth-order valence-corrected chi connectivity index (χ4v) is 2.16. The second kappa shape index (κ2) is 9.26. The lowest BCUT2D eigenvalue weighted by Crippen LogP contribution is -2.05. The van der Waals surface area contributed by atoms with Gasteiger partial charge in [-0.15, -0.1) is 0 Å². The Kier molecular flexibility index (Phi) is 7.78. The minimum Gasteiger partial charge on any atom is -0.466 e. The van der Waals surface area contributed by atoms with Gasteiger partial charge in [0, 0.05) is 6.42 Å². The number of cyclic esters (lactones) is 1. The van der Waals surface area contributed by atoms with Crippen LogP contribution in [0.3, 0.4) is 0 Å². The SMILES string of the molecule is C/C1=C\CCCCCCC(=O)OCCCCC1. The van der Waals surface area contributed by atoms with Crippen LogP contribution in [0.1, 0.15) is 71.1 Å². The van der Waals surface area contributed by atoms with Crippen LogP contribution in [0, 0.1) is 0 Å². The first-order valence-corrected chi connectivity index (χ1v) is 7.10. The van der Waals surface area contributed by atoms with Crippen LogP contribution in [0.4, 0.5) is 0 Å². The highest BCUT2D eigenvalue weighted by atomic mass is 16.5. The zero-order chi connectivity index (χ0) is 12.3. The average Bonchev–Trinajstić information content (AvgIpc) is 2.32. The van der Waals surface area contributed by atoms with E-state index in [2.05, 4.69) is 13.0 Å². The van der Waals surface area contributed by atoms with E-state index in [0.717, 1.165) is 19.3 Å². The van der Waals surface area contributed by atoms with Gasteiger partial charge in [0.2, 0.25) is 0 Å². The summed E-state index contributed by atoms with van der Waals surface area (Å²) < 4.78 is 5.19. The summed E-state index contributed by atoms with van der Waals surface area (Å²) in [7, 11) is 0. The topological polar surface area (TPSA) is 26.3 Å². The van der Waals surface area contributed by atoms with E-state index in [9.17, 15) is 4.79 Å². The van der Waals surface area contributed by atoms with Crippen molar-refractivity contribution < 1.29 is 9.53 Å². The third-order valence-corrected chi connectivity index (χ3v) is 3.31. The van der Waals surface area contributed by atoms with Crippen molar-refractivity contribution in [3.8, 4) is 0 Å². The molecule has 2 nitrogen and oxygen atoms in total. The van der Waals surface area contributed by atoms with Crippen molar-refractivity contribution in [2.75, 3.05) is 6.61 Å². The number of ether oxygens (including phenoxy) is 1. The van der Waals surface area contributed by atoms with Crippen molar-refractivity contribution in [1.29, 1.82) is 0 Å². The molecular weight excluding hydrogens is 212 g/mol. The van der Waals surface area contributed by atoms with Gasteiger partial charge in [-0.2, -0.15) is 0 Å². The van der Waals surface area contributed by atoms with Gasteiger partial charge in [-0.05, 0) is 51.9 Å². The molecule has 0 spiro atoms. The van der Waals surface area contributed by atoms with Gasteiger partial charge in [-0.1, -0.05) is 24.5 Å². The zero-order valence-electron chi connectivity index (χ0n) is 11.2. The lowest BCUT2D eigenvalue weighted by molar-refractivity contribution is -0.143. The van der Waals surface area contributed by atoms with E-state index in [1.165, 1.54) is 44.1 Å². The third kappa shape index (κ3) is 8.00. The van der Waals surface area contributed by atoms with E-state index in [0.29, 0.717) is 13.0 Å². The Hall–Kier alpha value is -0.790. The second-order valence-corrected chi connectivity index (χ2v) is 5.03. The molecule has 0 saturated heterocycles. The summed E-state index contributed by atoms with van der Waals surface area (Å²) in [5.74, 6) is -0.00539. The molecule has 2 heteroatoms. The van der Waals surface area contributed by atoms with Crippen molar-refractivity contribution in [3.05, 3.63) is 11.6 Å². The summed E-state index contributed by atoms with van der Waals surface area (Å²) in [4.78, 5) is 11.3. The summed E-state index contributed by atoms with van der Waals surface area (Å²) in [6.45, 7) is 2.85. The van der Waals surface area contributed by atoms with Gasteiger partial charge in [0.15, 0.2) is 0 Å². The highest BCUT2D eigenvalue weighted by Gasteiger charge is 2.02. The molecule has 0 unspecified atom stereocenters. The molecule has 0 aromatic rings. The molecule has 0 saturated carbocycles. The number of hydrogen-bond acceptors (Lipinski definition) is 2. The number of allylic oxidation sites excluding steroid dienone is 2. The Morgan fingerprint density at radius 3 is 2.53 bits per heavy atom. The summed E-state index contributed by atoms with van der Waals surface area (Å²) in [5, 5.41) is 0. The number of carbonyl (C=O) groups excluding carboxylic acids is 1. The Balaban J connectivity index is 2.28. The number of carbonyl (C=O) groups is 1. The van der Waals surface area contributed by atoms with Gasteiger partial charge in [0.1, 0.15) is 0 Å². The fraction of sp³-hybridized carbons (Fsp3) is 0.800. The van der Waals surface area contributed by atoms with Crippen LogP contribution in [0.2, 0.25) is 0 Å². The number of rotatable bonds is 0. The average molecular weight is 238 g/mol. The fourth-order valence-electron chi connectivity index (χ4n) is 2.16. The zero-order valence-corrected chi connectivity index (χ0v) is 11.2. The molecule has 0 bridgehead atoms. The van der Waals surface area contributed by atoms with Crippen LogP contribution in [0.25, 0.3) is 0 Å². The van der Waals surface area contributed by atoms with E-state index in [-0.39, 0.29) is 5.97 Å². The van der Waals surface area contributed by atoms with Crippen LogP contribution < -0.4 is 0 Å². The van der Waals surface area contributed by atoms with Crippen molar-refractivity contribution in [2.45, 2.75) is 71.1 Å². The standard InChI is InChI=1S/C15H26O2/c1-14-10-6-3-2-4-8-12-15(16)17-13-9-5-7-11-14/h10H,2-9,11-13H2,1H3/b14-10+. The summed E-state index contributed by atoms with van der Waals surface area (Å²) in [5.41, 5.74) is 1.52. The monoisotopic (exact) mass is 238 g/mol. The van der Waals surface area contributed by atoms with Crippen LogP contribution in [-0.2, 0) is 9.53 Å². The molecule has 0 amide bonds. The van der Waals surface area contributed by atoms with Gasteiger partial charge in [-0.3, -0.25) is 4.79 Å². The Bertz CT molecular complexity index is 243. The van der Waals surface area contributed by atoms with Crippen molar-refractivity contribution in [2.24, 2.45) is 0 Å². The minimum atomic E-state index is -0.00539. The molecule has 1 aliphatic rings. The van der Waals surface area contributed by atoms with Gasteiger partial charge in [-0.25, -0.2) is 0 Å². The lowest BCUT2D eigenvalue weighted by Gasteiger charge is -2.04. The lowest BCUT2D eigenvalue weighted by atomic mass is 10.1. The molecule has 98 valence electrons. The van der Waals surface area contributed by atoms with Crippen molar-refractivity contribution >= 4 is 5.97 Å². The maximum Gasteiger partial charge on any atom is 0.305 e. The first-order valence-electron chi connectivity index (χ1n) is 7.10. The molecule has 0 aromatic heterocycles. The molecule has 0 atom stereocenters. The number of hydrogen-bond donors (Lipinski definition) is 0. The molecule has 0 N–H and O–H groups in total. The molecule has 1 aliphatic heterocycles. The van der Waals surface area contributed by atoms with Crippen LogP contribution >= 0.6 is 0 Å². The first-order chi connectivity index (χ1) is 8.29. The van der Waals surface area contributed by atoms with E-state index in [4.69, 9.17) is 4.74 Å². The van der Waals surface area contributed by atoms with Gasteiger partial charge in [0.05, 0.1) is 6.61 Å². The maximum atomic E-state index is 11.3. The van der Waals surface area contributed by atoms with Crippen molar-refractivity contribution in [3.63, 3.8) is 0 Å². The largest absolute Gasteiger partial charge is 0.466 e. The second-order valence-electron chi connectivity index (χ2n) is 5.03. The highest BCUT2D eigenvalue weighted by molar-refractivity contribution is 5.69. The summed E-state index contributed by atoms with van der Waals surface area (Å²) >= 11 is 0. The summed E-state index contributed by atoms with van der Waals surface area (Å²) in [6.07, 6.45) is 13.4. The molecule has 0 aliphatic carbocycles. The quantitative estimate of drug-likeness (QED) is 0.462. The van der Waals surface area contributed by atoms with E-state index in [1.807, 2.05) is 0 Å². The molecular formula is C15H26O2. The Labute approximate surface area is 105 Å². The predicted octanol–water partition coefficient (Wildman–Crippen LogP) is 4.39. The third-order valence-electron chi connectivity index (χ3n) is 3.31. The minimum absolute atomic E-state index is 0.00539. The molecule has 1 rings (SSSR count). The van der Waals surface area contributed by atoms with Crippen LogP contribution in [0.5, 0.6) is 0 Å². The van der Waals surface area contributed by atoms with Crippen molar-refractivity contribution in [1.82, 2.24) is 0 Å². The van der Waals surface area contributed by atoms with Gasteiger partial charge < -0.3 is 4.74 Å². The predicted molar refractivity (Wildman–Crippen MR) is 70.9 cm³/mol. The summed E-state index contributed by atoms with van der Waals surface area (Å²) in [6, 6.07) is 0. The van der Waals surface area contributed by atoms with Gasteiger partial charge in [0.25, 0.3) is 0 Å². The molecule has 1 heterocycles. The Morgan fingerprint density at radius 1 is 0.941 bits per heavy atom. The maximum absolute atomic E-state index is 11.3. The molecule has 0 radical (unpaired) electrons. The Morgan fingerprint density at radius 2 is 1.65 bits per heavy atom. The highest BCUT2D eigenvalue weighted by Crippen LogP contribution is 2.13. The van der Waals surface area contributed by atoms with Crippen LogP contribution in [0.15, 0.2) is 11.6 Å². The van der Waals surface area contributed by atoms with E-state index < -0.39 is 0 Å². The van der Waals surface area contributed by atoms with Crippen LogP contribution in [-0.4, -0.2) is 12.6 Å². The first kappa shape index (κ1) is 14.3.